The molecule has 1 amide bonds. The molecule has 7 heteroatoms. The lowest BCUT2D eigenvalue weighted by Gasteiger charge is -2.33. The maximum absolute atomic E-state index is 13.4. The Balaban J connectivity index is 1.71. The van der Waals surface area contributed by atoms with Gasteiger partial charge >= 0.3 is 0 Å². The molecule has 1 atom stereocenters. The highest BCUT2D eigenvalue weighted by Gasteiger charge is 2.27. The van der Waals surface area contributed by atoms with Crippen LogP contribution in [0.3, 0.4) is 0 Å². The van der Waals surface area contributed by atoms with Gasteiger partial charge in [0.05, 0.1) is 6.04 Å². The van der Waals surface area contributed by atoms with Crippen LogP contribution < -0.4 is 10.1 Å². The molecule has 162 valence electrons. The van der Waals surface area contributed by atoms with Crippen LogP contribution in [0.5, 0.6) is 5.75 Å². The number of nitrogens with one attached hydrogen (secondary N) is 1. The molecular weight excluding hydrogens is 390 g/mol. The van der Waals surface area contributed by atoms with Crippen LogP contribution >= 0.6 is 0 Å². The van der Waals surface area contributed by atoms with Gasteiger partial charge in [-0.1, -0.05) is 50.2 Å². The van der Waals surface area contributed by atoms with E-state index in [0.29, 0.717) is 25.6 Å². The van der Waals surface area contributed by atoms with Gasteiger partial charge in [0.1, 0.15) is 31.6 Å². The van der Waals surface area contributed by atoms with Gasteiger partial charge in [-0.3, -0.25) is 4.79 Å². The van der Waals surface area contributed by atoms with Crippen molar-refractivity contribution in [2.45, 2.75) is 45.9 Å². The number of carbonyl (C=O) groups is 1. The van der Waals surface area contributed by atoms with E-state index in [2.05, 4.69) is 47.4 Å². The summed E-state index contributed by atoms with van der Waals surface area (Å²) in [6.07, 6.45) is 3.87. The third kappa shape index (κ3) is 5.23. The first kappa shape index (κ1) is 20.9. The van der Waals surface area contributed by atoms with Crippen LogP contribution in [-0.4, -0.2) is 38.2 Å². The molecule has 1 aliphatic rings. The molecule has 0 unspecified atom stereocenters. The van der Waals surface area contributed by atoms with Crippen LogP contribution in [0.15, 0.2) is 61.2 Å². The fourth-order valence-corrected chi connectivity index (χ4v) is 3.98. The van der Waals surface area contributed by atoms with Crippen LogP contribution in [-0.2, 0) is 24.4 Å². The molecule has 0 spiro atoms. The van der Waals surface area contributed by atoms with E-state index in [1.54, 1.807) is 11.0 Å². The van der Waals surface area contributed by atoms with E-state index >= 15 is 0 Å². The molecule has 0 radical (unpaired) electrons. The Morgan fingerprint density at radius 3 is 2.71 bits per heavy atom. The van der Waals surface area contributed by atoms with E-state index in [-0.39, 0.29) is 18.5 Å². The van der Waals surface area contributed by atoms with Crippen molar-refractivity contribution in [1.82, 2.24) is 19.7 Å². The van der Waals surface area contributed by atoms with Gasteiger partial charge in [-0.25, -0.2) is 9.67 Å². The number of nitrogens with zero attached hydrogens (tertiary/aromatic N) is 4. The fraction of sp³-hybridized carbons (Fsp3) is 0.375. The molecule has 2 heterocycles. The maximum Gasteiger partial charge on any atom is 0.245 e. The summed E-state index contributed by atoms with van der Waals surface area (Å²) in [5, 5.41) is 7.65. The summed E-state index contributed by atoms with van der Waals surface area (Å²) in [5.41, 5.74) is 3.21. The van der Waals surface area contributed by atoms with Gasteiger partial charge in [0.25, 0.3) is 0 Å². The lowest BCUT2D eigenvalue weighted by molar-refractivity contribution is -0.136. The van der Waals surface area contributed by atoms with Crippen molar-refractivity contribution < 1.29 is 9.53 Å². The molecule has 0 saturated heterocycles. The van der Waals surface area contributed by atoms with Gasteiger partial charge < -0.3 is 15.0 Å². The zero-order chi connectivity index (χ0) is 21.6. The number of carbonyl (C=O) groups excluding carboxylic acids is 1. The Morgan fingerprint density at radius 2 is 1.94 bits per heavy atom. The first-order chi connectivity index (χ1) is 15.1. The zero-order valence-corrected chi connectivity index (χ0v) is 18.1. The molecule has 31 heavy (non-hydrogen) atoms. The van der Waals surface area contributed by atoms with Gasteiger partial charge in [0.2, 0.25) is 5.91 Å². The summed E-state index contributed by atoms with van der Waals surface area (Å²) in [5.74, 6) is 1.28. The number of para-hydroxylation sites is 2. The van der Waals surface area contributed by atoms with Crippen molar-refractivity contribution in [2.24, 2.45) is 5.92 Å². The first-order valence-corrected chi connectivity index (χ1v) is 10.7. The number of benzene rings is 2. The zero-order valence-electron chi connectivity index (χ0n) is 18.1. The van der Waals surface area contributed by atoms with E-state index in [0.717, 1.165) is 29.0 Å². The molecule has 0 bridgehead atoms. The quantitative estimate of drug-likeness (QED) is 0.698. The summed E-state index contributed by atoms with van der Waals surface area (Å²) < 4.78 is 7.85. The number of aromatic nitrogens is 3. The standard InChI is InChI=1S/C24H29N5O2/c1-18(2)11-21-15-31-23-10-6-4-7-19(23)12-26-22-9-5-3-8-20(22)13-29(21)24(30)14-28-17-25-16-27-28/h3-10,16-18,21,26H,11-15H2,1-2H3/t21-/m0/s1. The summed E-state index contributed by atoms with van der Waals surface area (Å²) in [6.45, 7) is 6.12. The second kappa shape index (κ2) is 9.64. The average molecular weight is 420 g/mol. The van der Waals surface area contributed by atoms with Gasteiger partial charge in [0, 0.05) is 24.3 Å². The SMILES string of the molecule is CC(C)C[C@H]1COc2ccccc2CNc2ccccc2CN1C(=O)Cn1cncn1. The van der Waals surface area contributed by atoms with Crippen molar-refractivity contribution in [3.8, 4) is 5.75 Å². The van der Waals surface area contributed by atoms with Crippen molar-refractivity contribution in [2.75, 3.05) is 11.9 Å². The van der Waals surface area contributed by atoms with E-state index in [4.69, 9.17) is 4.74 Å². The number of ether oxygens (including phenoxy) is 1. The minimum atomic E-state index is -0.0600. The minimum Gasteiger partial charge on any atom is -0.491 e. The highest BCUT2D eigenvalue weighted by molar-refractivity contribution is 5.76. The Kier molecular flexibility index (Phi) is 6.50. The van der Waals surface area contributed by atoms with Crippen molar-refractivity contribution >= 4 is 11.6 Å². The van der Waals surface area contributed by atoms with Crippen LogP contribution in [0, 0.1) is 5.92 Å². The fourth-order valence-electron chi connectivity index (χ4n) is 3.98. The summed E-state index contributed by atoms with van der Waals surface area (Å²) in [6, 6.07) is 16.2. The van der Waals surface area contributed by atoms with Crippen LogP contribution in [0.1, 0.15) is 31.4 Å². The highest BCUT2D eigenvalue weighted by Crippen LogP contribution is 2.26. The van der Waals surface area contributed by atoms with Crippen molar-refractivity contribution in [3.63, 3.8) is 0 Å². The topological polar surface area (TPSA) is 72.3 Å². The average Bonchev–Trinajstić information content (AvgIpc) is 3.26. The third-order valence-electron chi connectivity index (χ3n) is 5.50. The summed E-state index contributed by atoms with van der Waals surface area (Å²) in [4.78, 5) is 19.3. The van der Waals surface area contributed by atoms with E-state index < -0.39 is 0 Å². The van der Waals surface area contributed by atoms with Crippen molar-refractivity contribution in [3.05, 3.63) is 72.3 Å². The number of hydrogen-bond acceptors (Lipinski definition) is 5. The number of fused-ring (bicyclic) bond motifs is 2. The second-order valence-corrected chi connectivity index (χ2v) is 8.33. The van der Waals surface area contributed by atoms with E-state index in [9.17, 15) is 4.79 Å². The molecule has 4 rings (SSSR count). The van der Waals surface area contributed by atoms with E-state index in [1.807, 2.05) is 35.2 Å². The van der Waals surface area contributed by atoms with Gasteiger partial charge in [-0.05, 0) is 30.0 Å². The Morgan fingerprint density at radius 1 is 1.16 bits per heavy atom. The summed E-state index contributed by atoms with van der Waals surface area (Å²) in [7, 11) is 0. The van der Waals surface area contributed by atoms with Gasteiger partial charge in [-0.15, -0.1) is 0 Å². The Hall–Kier alpha value is -3.35. The predicted molar refractivity (Wildman–Crippen MR) is 120 cm³/mol. The number of hydrogen-bond donors (Lipinski definition) is 1. The molecule has 3 aromatic rings. The lowest BCUT2D eigenvalue weighted by Crippen LogP contribution is -2.45. The molecule has 2 aromatic carbocycles. The summed E-state index contributed by atoms with van der Waals surface area (Å²) >= 11 is 0. The van der Waals surface area contributed by atoms with Gasteiger partial charge in [-0.2, -0.15) is 5.10 Å². The maximum atomic E-state index is 13.4. The second-order valence-electron chi connectivity index (χ2n) is 8.33. The number of amides is 1. The molecule has 1 aromatic heterocycles. The lowest BCUT2D eigenvalue weighted by atomic mass is 10.0. The van der Waals surface area contributed by atoms with Crippen LogP contribution in [0.25, 0.3) is 0 Å². The normalized spacial score (nSPS) is 16.5. The minimum absolute atomic E-state index is 0.00193. The van der Waals surface area contributed by atoms with Crippen LogP contribution in [0.2, 0.25) is 0 Å². The predicted octanol–water partition coefficient (Wildman–Crippen LogP) is 3.73. The molecule has 1 aliphatic heterocycles. The first-order valence-electron chi connectivity index (χ1n) is 10.7. The molecule has 0 saturated carbocycles. The largest absolute Gasteiger partial charge is 0.491 e. The Bertz CT molecular complexity index is 1000. The molecular formula is C24H29N5O2. The molecule has 1 N–H and O–H groups in total. The molecule has 7 nitrogen and oxygen atoms in total. The van der Waals surface area contributed by atoms with E-state index in [1.165, 1.54) is 6.33 Å². The number of anilines is 1. The highest BCUT2D eigenvalue weighted by atomic mass is 16.5. The third-order valence-corrected chi connectivity index (χ3v) is 5.50. The van der Waals surface area contributed by atoms with Crippen LogP contribution in [0.4, 0.5) is 5.69 Å². The van der Waals surface area contributed by atoms with Crippen molar-refractivity contribution in [1.29, 1.82) is 0 Å². The Labute approximate surface area is 183 Å². The monoisotopic (exact) mass is 419 g/mol. The molecule has 0 fully saturated rings. The smallest absolute Gasteiger partial charge is 0.245 e. The van der Waals surface area contributed by atoms with Gasteiger partial charge in [0.15, 0.2) is 0 Å². The number of rotatable bonds is 4. The molecule has 0 aliphatic carbocycles.